The first-order chi connectivity index (χ1) is 5.75. The Hall–Kier alpha value is 1.12. The van der Waals surface area contributed by atoms with Gasteiger partial charge in [-0.25, -0.2) is 0 Å². The van der Waals surface area contributed by atoms with E-state index in [1.165, 1.54) is 21.8 Å². The van der Waals surface area contributed by atoms with Crippen LogP contribution < -0.4 is 24.8 Å². The van der Waals surface area contributed by atoms with Gasteiger partial charge in [0.25, 0.3) is 0 Å². The largest absolute Gasteiger partial charge is 2.00 e. The molecule has 0 aromatic carbocycles. The summed E-state index contributed by atoms with van der Waals surface area (Å²) in [6.07, 6.45) is 6.95. The third-order valence-corrected chi connectivity index (χ3v) is 3.81. The fourth-order valence-corrected chi connectivity index (χ4v) is 3.25. The van der Waals surface area contributed by atoms with Crippen molar-refractivity contribution in [3.05, 3.63) is 34.3 Å². The van der Waals surface area contributed by atoms with Crippen LogP contribution in [0.25, 0.3) is 0 Å². The summed E-state index contributed by atoms with van der Waals surface area (Å²) in [4.78, 5) is 1.48. The quantitative estimate of drug-likeness (QED) is 0.443. The van der Waals surface area contributed by atoms with Crippen molar-refractivity contribution in [3.63, 3.8) is 0 Å². The summed E-state index contributed by atoms with van der Waals surface area (Å²) >= 11 is 1.95. The zero-order valence-electron chi connectivity index (χ0n) is 8.68. The molecule has 0 atom stereocenters. The van der Waals surface area contributed by atoms with Gasteiger partial charge in [0.1, 0.15) is 0 Å². The van der Waals surface area contributed by atoms with Gasteiger partial charge in [0.15, 0.2) is 0 Å². The molecule has 0 aromatic heterocycles. The maximum absolute atomic E-state index is 2.41. The normalized spacial score (nSPS) is 15.7. The Kier molecular flexibility index (Phi) is 10.2. The van der Waals surface area contributed by atoms with Gasteiger partial charge in [-0.3, -0.25) is 0 Å². The zero-order chi connectivity index (χ0) is 8.55. The molecule has 1 heterocycles. The van der Waals surface area contributed by atoms with Gasteiger partial charge in [0.2, 0.25) is 0 Å². The van der Waals surface area contributed by atoms with Crippen molar-refractivity contribution in [2.24, 2.45) is 0 Å². The summed E-state index contributed by atoms with van der Waals surface area (Å²) < 4.78 is 0. The molecule has 0 unspecified atom stereocenters. The van der Waals surface area contributed by atoms with Gasteiger partial charge in [-0.05, 0) is 23.3 Å². The van der Waals surface area contributed by atoms with Crippen LogP contribution in [-0.4, -0.2) is 19.8 Å². The van der Waals surface area contributed by atoms with Crippen molar-refractivity contribution in [1.82, 2.24) is 0 Å². The molecule has 80 valence electrons. The number of halogens is 2. The maximum Gasteiger partial charge on any atom is 2.00 e. The Balaban J connectivity index is 0. The molecule has 2 rings (SSSR count). The van der Waals surface area contributed by atoms with E-state index < -0.39 is 0 Å². The molecule has 0 saturated carbocycles. The summed E-state index contributed by atoms with van der Waals surface area (Å²) in [5.41, 5.74) is 5.30. The summed E-state index contributed by atoms with van der Waals surface area (Å²) in [5.74, 6) is 1.17. The van der Waals surface area contributed by atoms with Gasteiger partial charge in [0, 0.05) is 19.1 Å². The number of fused-ring (bicyclic) bond motifs is 1. The van der Waals surface area contributed by atoms with E-state index in [9.17, 15) is 0 Å². The third-order valence-electron chi connectivity index (χ3n) is 1.90. The predicted octanol–water partition coefficient (Wildman–Crippen LogP) is -3.37. The molecular formula is C10H12Cl2SSiZr. The fraction of sp³-hybridized carbons (Fsp3) is 0.300. The van der Waals surface area contributed by atoms with E-state index in [4.69, 9.17) is 0 Å². The second kappa shape index (κ2) is 8.25. The molecule has 0 nitrogen and oxygen atoms in total. The molecule has 15 heavy (non-hydrogen) atoms. The Labute approximate surface area is 129 Å². The Bertz CT molecular complexity index is 341. The molecular weight excluding hydrogens is 342 g/mol. The second-order valence-corrected chi connectivity index (χ2v) is 6.85. The van der Waals surface area contributed by atoms with E-state index in [-0.39, 0.29) is 59.4 Å². The van der Waals surface area contributed by atoms with Crippen molar-refractivity contribution < 1.29 is 51.0 Å². The first kappa shape index (κ1) is 18.5. The SMILES string of the molecule is C[Si](C)=CC1=CC2=CCSC2=C1.[Cl-].[Cl-].[Zr+2]. The van der Waals surface area contributed by atoms with Gasteiger partial charge in [-0.2, -0.15) is 0 Å². The van der Waals surface area contributed by atoms with Crippen LogP contribution in [0.1, 0.15) is 0 Å². The molecule has 0 bridgehead atoms. The van der Waals surface area contributed by atoms with Crippen molar-refractivity contribution >= 4 is 25.8 Å². The predicted molar refractivity (Wildman–Crippen MR) is 60.3 cm³/mol. The molecule has 0 aromatic rings. The van der Waals surface area contributed by atoms with E-state index in [0.29, 0.717) is 0 Å². The summed E-state index contributed by atoms with van der Waals surface area (Å²) in [6, 6.07) is 0. The van der Waals surface area contributed by atoms with Crippen LogP contribution in [0.3, 0.4) is 0 Å². The monoisotopic (exact) mass is 352 g/mol. The van der Waals surface area contributed by atoms with Crippen LogP contribution >= 0.6 is 11.8 Å². The summed E-state index contributed by atoms with van der Waals surface area (Å²) in [6.45, 7) is 4.64. The summed E-state index contributed by atoms with van der Waals surface area (Å²) in [7, 11) is -0.222. The molecule has 0 amide bonds. The number of allylic oxidation sites excluding steroid dienone is 4. The standard InChI is InChI=1S/C10H12SSi.2ClH.Zr/c1-12(2)7-8-5-9-3-4-11-10(9)6-8;;;/h3,5-7H,4H2,1-2H3;2*1H;/q;;;+2/p-2. The van der Waals surface area contributed by atoms with E-state index >= 15 is 0 Å². The molecule has 1 aliphatic carbocycles. The average Bonchev–Trinajstić information content (AvgIpc) is 2.43. The Morgan fingerprint density at radius 1 is 1.27 bits per heavy atom. The molecule has 0 N–H and O–H groups in total. The zero-order valence-corrected chi connectivity index (χ0v) is 14.5. The molecule has 0 saturated heterocycles. The minimum atomic E-state index is -0.222. The van der Waals surface area contributed by atoms with Crippen molar-refractivity contribution in [1.29, 1.82) is 0 Å². The van der Waals surface area contributed by atoms with E-state index in [0.717, 1.165) is 0 Å². The number of hydrogen-bond acceptors (Lipinski definition) is 1. The molecule has 0 spiro atoms. The van der Waals surface area contributed by atoms with Crippen molar-refractivity contribution in [2.45, 2.75) is 13.1 Å². The second-order valence-electron chi connectivity index (χ2n) is 3.35. The number of rotatable bonds is 1. The Morgan fingerprint density at radius 2 is 1.93 bits per heavy atom. The Morgan fingerprint density at radius 3 is 2.47 bits per heavy atom. The van der Waals surface area contributed by atoms with E-state index in [1.54, 1.807) is 0 Å². The molecule has 2 aliphatic rings. The van der Waals surface area contributed by atoms with Crippen LogP contribution in [0.15, 0.2) is 34.3 Å². The smallest absolute Gasteiger partial charge is 1.00 e. The van der Waals surface area contributed by atoms with Gasteiger partial charge in [0.05, 0.1) is 0 Å². The fourth-order valence-electron chi connectivity index (χ4n) is 1.45. The van der Waals surface area contributed by atoms with Crippen molar-refractivity contribution in [2.75, 3.05) is 5.75 Å². The van der Waals surface area contributed by atoms with E-state index in [1.807, 2.05) is 11.8 Å². The first-order valence-corrected chi connectivity index (χ1v) is 7.73. The first-order valence-electron chi connectivity index (χ1n) is 4.17. The molecule has 0 fully saturated rings. The maximum atomic E-state index is 2.41. The minimum absolute atomic E-state index is 0. The van der Waals surface area contributed by atoms with Crippen LogP contribution in [0.2, 0.25) is 13.1 Å². The van der Waals surface area contributed by atoms with Crippen LogP contribution in [0.4, 0.5) is 0 Å². The van der Waals surface area contributed by atoms with Gasteiger partial charge >= 0.3 is 26.2 Å². The van der Waals surface area contributed by atoms with Gasteiger partial charge in [-0.1, -0.05) is 24.8 Å². The number of hydrogen-bond donors (Lipinski definition) is 0. The topological polar surface area (TPSA) is 0 Å². The van der Waals surface area contributed by atoms with Gasteiger partial charge < -0.3 is 24.8 Å². The minimum Gasteiger partial charge on any atom is -1.00 e. The van der Waals surface area contributed by atoms with Crippen LogP contribution in [-0.2, 0) is 26.2 Å². The summed E-state index contributed by atoms with van der Waals surface area (Å²) in [5, 5.41) is 0. The number of thioether (sulfide) groups is 1. The third kappa shape index (κ3) is 4.87. The van der Waals surface area contributed by atoms with Crippen LogP contribution in [0.5, 0.6) is 0 Å². The molecule has 0 radical (unpaired) electrons. The van der Waals surface area contributed by atoms with Gasteiger partial charge in [-0.15, -0.1) is 11.8 Å². The van der Waals surface area contributed by atoms with Crippen LogP contribution in [0, 0.1) is 0 Å². The molecule has 5 heteroatoms. The molecule has 1 aliphatic heterocycles. The van der Waals surface area contributed by atoms with Crippen molar-refractivity contribution in [3.8, 4) is 0 Å². The van der Waals surface area contributed by atoms with E-state index in [2.05, 4.69) is 37.0 Å². The average molecular weight is 354 g/mol.